The highest BCUT2D eigenvalue weighted by Gasteiger charge is 2.12. The van der Waals surface area contributed by atoms with Crippen LogP contribution in [0, 0.1) is 12.8 Å². The maximum absolute atomic E-state index is 6.21. The van der Waals surface area contributed by atoms with Gasteiger partial charge in [-0.1, -0.05) is 41.4 Å². The monoisotopic (exact) mass is 288 g/mol. The van der Waals surface area contributed by atoms with Crippen LogP contribution in [-0.2, 0) is 12.8 Å². The number of aromatic nitrogens is 1. The van der Waals surface area contributed by atoms with E-state index in [1.54, 1.807) is 6.20 Å². The van der Waals surface area contributed by atoms with Gasteiger partial charge in [0.2, 0.25) is 0 Å². The third-order valence-electron chi connectivity index (χ3n) is 3.50. The van der Waals surface area contributed by atoms with Gasteiger partial charge < -0.3 is 5.32 Å². The molecule has 0 fully saturated rings. The van der Waals surface area contributed by atoms with Gasteiger partial charge in [-0.15, -0.1) is 0 Å². The van der Waals surface area contributed by atoms with Gasteiger partial charge in [0.15, 0.2) is 0 Å². The maximum Gasteiger partial charge on any atom is 0.0621 e. The zero-order valence-electron chi connectivity index (χ0n) is 12.1. The van der Waals surface area contributed by atoms with Crippen molar-refractivity contribution >= 4 is 11.6 Å². The Bertz CT molecular complexity index is 537. The highest BCUT2D eigenvalue weighted by Crippen LogP contribution is 2.20. The van der Waals surface area contributed by atoms with E-state index in [4.69, 9.17) is 11.6 Å². The van der Waals surface area contributed by atoms with Crippen LogP contribution in [0.4, 0.5) is 0 Å². The van der Waals surface area contributed by atoms with Gasteiger partial charge in [-0.05, 0) is 56.5 Å². The minimum absolute atomic E-state index is 0.530. The molecule has 0 aliphatic rings. The first-order chi connectivity index (χ1) is 9.69. The van der Waals surface area contributed by atoms with Crippen molar-refractivity contribution in [1.29, 1.82) is 0 Å². The van der Waals surface area contributed by atoms with Crippen LogP contribution in [0.1, 0.15) is 16.7 Å². The van der Waals surface area contributed by atoms with Gasteiger partial charge in [-0.2, -0.15) is 0 Å². The van der Waals surface area contributed by atoms with Crippen LogP contribution in [0.3, 0.4) is 0 Å². The second-order valence-electron chi connectivity index (χ2n) is 5.28. The minimum Gasteiger partial charge on any atom is -0.319 e. The van der Waals surface area contributed by atoms with E-state index >= 15 is 0 Å². The Morgan fingerprint density at radius 1 is 1.15 bits per heavy atom. The molecular weight excluding hydrogens is 268 g/mol. The molecule has 2 rings (SSSR count). The summed E-state index contributed by atoms with van der Waals surface area (Å²) in [6, 6.07) is 10.8. The molecule has 1 unspecified atom stereocenters. The number of nitrogens with one attached hydrogen (secondary N) is 1. The van der Waals surface area contributed by atoms with Crippen molar-refractivity contribution in [2.75, 3.05) is 13.6 Å². The molecule has 1 atom stereocenters. The lowest BCUT2D eigenvalue weighted by molar-refractivity contribution is 0.493. The third-order valence-corrected chi connectivity index (χ3v) is 3.84. The van der Waals surface area contributed by atoms with E-state index in [0.29, 0.717) is 5.92 Å². The molecule has 0 radical (unpaired) electrons. The maximum atomic E-state index is 6.21. The Morgan fingerprint density at radius 2 is 1.90 bits per heavy atom. The smallest absolute Gasteiger partial charge is 0.0621 e. The summed E-state index contributed by atoms with van der Waals surface area (Å²) in [6.45, 7) is 3.10. The Hall–Kier alpha value is -1.38. The molecule has 20 heavy (non-hydrogen) atoms. The Kier molecular flexibility index (Phi) is 5.57. The Morgan fingerprint density at radius 3 is 2.55 bits per heavy atom. The van der Waals surface area contributed by atoms with E-state index < -0.39 is 0 Å². The summed E-state index contributed by atoms with van der Waals surface area (Å²) in [6.07, 6.45) is 5.55. The molecule has 0 aliphatic carbocycles. The van der Waals surface area contributed by atoms with Gasteiger partial charge in [0.05, 0.1) is 5.02 Å². The number of hydrogen-bond acceptors (Lipinski definition) is 2. The number of halogens is 1. The summed E-state index contributed by atoms with van der Waals surface area (Å²) in [4.78, 5) is 4.04. The molecule has 1 aromatic heterocycles. The summed E-state index contributed by atoms with van der Waals surface area (Å²) in [5.41, 5.74) is 3.85. The first-order valence-corrected chi connectivity index (χ1v) is 7.35. The van der Waals surface area contributed by atoms with Gasteiger partial charge in [0, 0.05) is 12.4 Å². The predicted octanol–water partition coefficient (Wildman–Crippen LogP) is 3.66. The first kappa shape index (κ1) is 15.0. The van der Waals surface area contributed by atoms with Crippen molar-refractivity contribution in [2.24, 2.45) is 5.92 Å². The van der Waals surface area contributed by atoms with Crippen LogP contribution in [0.5, 0.6) is 0 Å². The molecule has 0 saturated carbocycles. The van der Waals surface area contributed by atoms with Gasteiger partial charge in [0.1, 0.15) is 0 Å². The second kappa shape index (κ2) is 7.41. The lowest BCUT2D eigenvalue weighted by Gasteiger charge is -2.17. The fourth-order valence-electron chi connectivity index (χ4n) is 2.44. The Labute approximate surface area is 126 Å². The van der Waals surface area contributed by atoms with Crippen LogP contribution in [-0.4, -0.2) is 18.6 Å². The van der Waals surface area contributed by atoms with E-state index in [0.717, 1.165) is 24.4 Å². The molecule has 0 bridgehead atoms. The van der Waals surface area contributed by atoms with Crippen molar-refractivity contribution in [1.82, 2.24) is 10.3 Å². The van der Waals surface area contributed by atoms with Crippen molar-refractivity contribution < 1.29 is 0 Å². The lowest BCUT2D eigenvalue weighted by atomic mass is 9.92. The molecule has 106 valence electrons. The largest absolute Gasteiger partial charge is 0.319 e. The van der Waals surface area contributed by atoms with E-state index in [-0.39, 0.29) is 0 Å². The standard InChI is InChI=1S/C17H21ClN2/c1-13-3-5-14(6-4-13)9-15(11-19-2)10-16-7-8-20-12-17(16)18/h3-8,12,15,19H,9-11H2,1-2H3. The van der Waals surface area contributed by atoms with Crippen LogP contribution in [0.25, 0.3) is 0 Å². The molecule has 1 heterocycles. The third kappa shape index (κ3) is 4.32. The van der Waals surface area contributed by atoms with Gasteiger partial charge >= 0.3 is 0 Å². The van der Waals surface area contributed by atoms with Crippen LogP contribution < -0.4 is 5.32 Å². The quantitative estimate of drug-likeness (QED) is 0.877. The molecular formula is C17H21ClN2. The number of rotatable bonds is 6. The molecule has 0 aliphatic heterocycles. The number of aryl methyl sites for hydroxylation is 1. The van der Waals surface area contributed by atoms with E-state index in [2.05, 4.69) is 41.5 Å². The summed E-state index contributed by atoms with van der Waals surface area (Å²) in [5.74, 6) is 0.530. The molecule has 1 aromatic carbocycles. The predicted molar refractivity (Wildman–Crippen MR) is 85.3 cm³/mol. The molecule has 2 aromatic rings. The van der Waals surface area contributed by atoms with E-state index in [1.807, 2.05) is 19.3 Å². The summed E-state index contributed by atoms with van der Waals surface area (Å²) < 4.78 is 0. The first-order valence-electron chi connectivity index (χ1n) is 6.97. The van der Waals surface area contributed by atoms with Gasteiger partial charge in [0.25, 0.3) is 0 Å². The molecule has 1 N–H and O–H groups in total. The topological polar surface area (TPSA) is 24.9 Å². The zero-order valence-corrected chi connectivity index (χ0v) is 12.8. The summed E-state index contributed by atoms with van der Waals surface area (Å²) in [5, 5.41) is 4.04. The molecule has 3 heteroatoms. The highest BCUT2D eigenvalue weighted by molar-refractivity contribution is 6.31. The average Bonchev–Trinajstić information content (AvgIpc) is 2.44. The molecule has 0 saturated heterocycles. The minimum atomic E-state index is 0.530. The summed E-state index contributed by atoms with van der Waals surface area (Å²) in [7, 11) is 2.00. The van der Waals surface area contributed by atoms with Crippen molar-refractivity contribution in [3.8, 4) is 0 Å². The van der Waals surface area contributed by atoms with E-state index in [9.17, 15) is 0 Å². The molecule has 0 spiro atoms. The van der Waals surface area contributed by atoms with Gasteiger partial charge in [-0.25, -0.2) is 0 Å². The Balaban J connectivity index is 2.07. The fraction of sp³-hybridized carbons (Fsp3) is 0.353. The average molecular weight is 289 g/mol. The number of nitrogens with zero attached hydrogens (tertiary/aromatic N) is 1. The normalized spacial score (nSPS) is 12.3. The van der Waals surface area contributed by atoms with Crippen LogP contribution >= 0.6 is 11.6 Å². The lowest BCUT2D eigenvalue weighted by Crippen LogP contribution is -2.23. The second-order valence-corrected chi connectivity index (χ2v) is 5.69. The molecule has 0 amide bonds. The molecule has 2 nitrogen and oxygen atoms in total. The highest BCUT2D eigenvalue weighted by atomic mass is 35.5. The van der Waals surface area contributed by atoms with E-state index in [1.165, 1.54) is 16.7 Å². The van der Waals surface area contributed by atoms with Crippen molar-refractivity contribution in [3.05, 3.63) is 64.4 Å². The van der Waals surface area contributed by atoms with Gasteiger partial charge in [-0.3, -0.25) is 4.98 Å². The number of hydrogen-bond donors (Lipinski definition) is 1. The number of pyridine rings is 1. The van der Waals surface area contributed by atoms with Crippen molar-refractivity contribution in [2.45, 2.75) is 19.8 Å². The SMILES string of the molecule is CNCC(Cc1ccc(C)cc1)Cc1ccncc1Cl. The van der Waals surface area contributed by atoms with Crippen LogP contribution in [0.2, 0.25) is 5.02 Å². The number of benzene rings is 1. The summed E-state index contributed by atoms with van der Waals surface area (Å²) >= 11 is 6.21. The fourth-order valence-corrected chi connectivity index (χ4v) is 2.64. The van der Waals surface area contributed by atoms with Crippen LogP contribution in [0.15, 0.2) is 42.7 Å². The van der Waals surface area contributed by atoms with Crippen molar-refractivity contribution in [3.63, 3.8) is 0 Å². The zero-order chi connectivity index (χ0) is 14.4.